The van der Waals surface area contributed by atoms with Crippen LogP contribution in [0.2, 0.25) is 0 Å². The van der Waals surface area contributed by atoms with Crippen LogP contribution in [0.1, 0.15) is 91.5 Å². The average molecular weight is 810 g/mol. The van der Waals surface area contributed by atoms with Crippen LogP contribution in [0.15, 0.2) is 94.1 Å². The fourth-order valence-electron chi connectivity index (χ4n) is 5.89. The van der Waals surface area contributed by atoms with E-state index in [0.717, 1.165) is 0 Å². The van der Waals surface area contributed by atoms with E-state index in [-0.39, 0.29) is 88.1 Å². The average Bonchev–Trinajstić information content (AvgIpc) is 3.69. The number of halogens is 2. The van der Waals surface area contributed by atoms with E-state index in [1.165, 1.54) is 77.2 Å². The SMILES string of the molecule is CC1=[C-]C(C)(C)C(C)=C1C.CC1=[C-]C(C)(C)C(C)=C1C.Cc1ccc(C)c2[cH-]ccc12.Cc1ccc(C)c2[cH-]ccc12.[Cl-].[Cl-].[Zr+2].[Zr+2]. The van der Waals surface area contributed by atoms with Crippen LogP contribution in [-0.4, -0.2) is 0 Å². The van der Waals surface area contributed by atoms with Gasteiger partial charge >= 0.3 is 52.4 Å². The number of allylic oxidation sites excluding steroid dienone is 8. The van der Waals surface area contributed by atoms with Gasteiger partial charge in [0.25, 0.3) is 0 Å². The van der Waals surface area contributed by atoms with Crippen LogP contribution in [0.5, 0.6) is 0 Å². The minimum atomic E-state index is 0. The first-order valence-electron chi connectivity index (χ1n) is 15.3. The largest absolute Gasteiger partial charge is 2.00 e. The molecule has 0 atom stereocenters. The molecule has 0 heterocycles. The van der Waals surface area contributed by atoms with Crippen molar-refractivity contribution in [2.75, 3.05) is 0 Å². The Hall–Kier alpha value is -1.03. The number of aryl methyl sites for hydroxylation is 4. The summed E-state index contributed by atoms with van der Waals surface area (Å²) in [4.78, 5) is 0. The van der Waals surface area contributed by atoms with Gasteiger partial charge in [0.2, 0.25) is 0 Å². The molecule has 0 unspecified atom stereocenters. The van der Waals surface area contributed by atoms with Crippen molar-refractivity contribution in [2.24, 2.45) is 10.8 Å². The van der Waals surface area contributed by atoms with Gasteiger partial charge < -0.3 is 24.8 Å². The van der Waals surface area contributed by atoms with Gasteiger partial charge in [0.05, 0.1) is 0 Å². The Morgan fingerprint density at radius 2 is 0.739 bits per heavy atom. The summed E-state index contributed by atoms with van der Waals surface area (Å²) in [6.45, 7) is 30.5. The summed E-state index contributed by atoms with van der Waals surface area (Å²) in [6, 6.07) is 21.7. The second-order valence-corrected chi connectivity index (χ2v) is 13.4. The fourth-order valence-corrected chi connectivity index (χ4v) is 5.89. The fraction of sp³-hybridized carbons (Fsp3) is 0.381. The van der Waals surface area contributed by atoms with E-state index in [2.05, 4.69) is 170 Å². The molecule has 4 aromatic carbocycles. The van der Waals surface area contributed by atoms with Gasteiger partial charge in [-0.25, -0.2) is 11.1 Å². The van der Waals surface area contributed by atoms with E-state index in [1.54, 1.807) is 0 Å². The summed E-state index contributed by atoms with van der Waals surface area (Å²) in [5.41, 5.74) is 14.3. The molecule has 4 aromatic rings. The first-order chi connectivity index (χ1) is 19.5. The molecular weight excluding hydrogens is 758 g/mol. The van der Waals surface area contributed by atoms with Crippen LogP contribution in [0.4, 0.5) is 0 Å². The molecule has 6 rings (SSSR count). The smallest absolute Gasteiger partial charge is 1.00 e. The first-order valence-corrected chi connectivity index (χ1v) is 15.3. The van der Waals surface area contributed by atoms with Crippen molar-refractivity contribution < 1.29 is 77.2 Å². The minimum Gasteiger partial charge on any atom is -1.00 e. The second kappa shape index (κ2) is 19.2. The van der Waals surface area contributed by atoms with Crippen molar-refractivity contribution in [3.05, 3.63) is 129 Å². The maximum atomic E-state index is 3.44. The number of rotatable bonds is 0. The Morgan fingerprint density at radius 1 is 0.457 bits per heavy atom. The molecule has 0 saturated carbocycles. The quantitative estimate of drug-likeness (QED) is 0.176. The predicted molar refractivity (Wildman–Crippen MR) is 187 cm³/mol. The molecule has 0 aromatic heterocycles. The standard InChI is InChI=1S/2C11H11.2C10H15.2ClH.2Zr/c2*1-8-6-7-9(2)11-5-3-4-10(8)11;2*1-7-6-10(4,5)9(3)8(7)2;;;;/h2*3-7H,1-2H3;2*1-5H3;2*1H;;/q4*-1;;;2*+2/p-2. The van der Waals surface area contributed by atoms with Crippen LogP contribution in [0, 0.1) is 50.7 Å². The van der Waals surface area contributed by atoms with Gasteiger partial charge in [-0.2, -0.15) is 46.6 Å². The zero-order chi connectivity index (χ0) is 31.6. The number of hydrogen-bond donors (Lipinski definition) is 0. The summed E-state index contributed by atoms with van der Waals surface area (Å²) in [5, 5.41) is 5.57. The Morgan fingerprint density at radius 3 is 0.935 bits per heavy atom. The normalized spacial score (nSPS) is 15.3. The predicted octanol–water partition coefficient (Wildman–Crippen LogP) is 6.58. The van der Waals surface area contributed by atoms with Crippen LogP contribution < -0.4 is 24.8 Å². The monoisotopic (exact) mass is 806 g/mol. The molecule has 0 N–H and O–H groups in total. The molecule has 0 nitrogen and oxygen atoms in total. The topological polar surface area (TPSA) is 0 Å². The Kier molecular flexibility index (Phi) is 19.7. The molecule has 0 fully saturated rings. The van der Waals surface area contributed by atoms with Crippen molar-refractivity contribution in [1.82, 2.24) is 0 Å². The molecule has 0 saturated heterocycles. The van der Waals surface area contributed by atoms with Crippen molar-refractivity contribution >= 4 is 21.5 Å². The van der Waals surface area contributed by atoms with Crippen LogP contribution in [0.25, 0.3) is 21.5 Å². The van der Waals surface area contributed by atoms with Crippen LogP contribution >= 0.6 is 0 Å². The van der Waals surface area contributed by atoms with E-state index < -0.39 is 0 Å². The van der Waals surface area contributed by atoms with Crippen molar-refractivity contribution in [2.45, 2.75) is 96.9 Å². The molecule has 244 valence electrons. The zero-order valence-electron chi connectivity index (χ0n) is 30.5. The zero-order valence-corrected chi connectivity index (χ0v) is 37.0. The summed E-state index contributed by atoms with van der Waals surface area (Å²) < 4.78 is 0. The van der Waals surface area contributed by atoms with Gasteiger partial charge in [-0.15, -0.1) is 70.8 Å². The third-order valence-corrected chi connectivity index (χ3v) is 9.62. The first kappa shape index (κ1) is 47.1. The molecule has 2 aliphatic rings. The number of benzene rings is 2. The third-order valence-electron chi connectivity index (χ3n) is 9.62. The van der Waals surface area contributed by atoms with E-state index in [4.69, 9.17) is 0 Å². The van der Waals surface area contributed by atoms with Crippen LogP contribution in [-0.2, 0) is 52.4 Å². The van der Waals surface area contributed by atoms with Gasteiger partial charge in [-0.1, -0.05) is 103 Å². The van der Waals surface area contributed by atoms with Crippen molar-refractivity contribution in [3.63, 3.8) is 0 Å². The maximum Gasteiger partial charge on any atom is 2.00 e. The Balaban J connectivity index is 0. The summed E-state index contributed by atoms with van der Waals surface area (Å²) >= 11 is 0. The van der Waals surface area contributed by atoms with E-state index in [9.17, 15) is 0 Å². The Labute approximate surface area is 332 Å². The minimum absolute atomic E-state index is 0. The van der Waals surface area contributed by atoms with E-state index >= 15 is 0 Å². The third kappa shape index (κ3) is 11.0. The summed E-state index contributed by atoms with van der Waals surface area (Å²) in [7, 11) is 0. The number of fused-ring (bicyclic) bond motifs is 2. The van der Waals surface area contributed by atoms with Crippen molar-refractivity contribution in [3.8, 4) is 0 Å². The molecule has 0 spiro atoms. The summed E-state index contributed by atoms with van der Waals surface area (Å²) in [6.07, 6.45) is 6.87. The van der Waals surface area contributed by atoms with Gasteiger partial charge in [0, 0.05) is 0 Å². The van der Waals surface area contributed by atoms with Gasteiger partial charge in [0.15, 0.2) is 0 Å². The van der Waals surface area contributed by atoms with Crippen molar-refractivity contribution in [1.29, 1.82) is 0 Å². The molecule has 0 bridgehead atoms. The summed E-state index contributed by atoms with van der Waals surface area (Å²) in [5.74, 6) is 0. The molecule has 2 aliphatic carbocycles. The van der Waals surface area contributed by atoms with Crippen LogP contribution in [0.3, 0.4) is 0 Å². The van der Waals surface area contributed by atoms with Gasteiger partial charge in [0.1, 0.15) is 0 Å². The molecule has 46 heavy (non-hydrogen) atoms. The molecule has 4 heteroatoms. The maximum absolute atomic E-state index is 3.44. The molecular formula is C42H52Cl2Zr2-2. The molecule has 0 radical (unpaired) electrons. The Bertz CT molecular complexity index is 1510. The van der Waals surface area contributed by atoms with Gasteiger partial charge in [-0.05, 0) is 13.8 Å². The van der Waals surface area contributed by atoms with E-state index in [1.807, 2.05) is 0 Å². The molecule has 0 amide bonds. The number of hydrogen-bond acceptors (Lipinski definition) is 0. The second-order valence-electron chi connectivity index (χ2n) is 13.4. The van der Waals surface area contributed by atoms with E-state index in [0.29, 0.717) is 0 Å². The molecule has 0 aliphatic heterocycles. The van der Waals surface area contributed by atoms with Gasteiger partial charge in [-0.3, -0.25) is 12.2 Å².